The fourth-order valence-corrected chi connectivity index (χ4v) is 9.56. The molecule has 4 aliphatic rings. The molecule has 0 radical (unpaired) electrons. The van der Waals surface area contributed by atoms with Crippen molar-refractivity contribution in [1.82, 2.24) is 24.3 Å². The number of nitrogens with zero attached hydrogens (tertiary/aromatic N) is 8. The summed E-state index contributed by atoms with van der Waals surface area (Å²) in [4.78, 5) is 88.0. The van der Waals surface area contributed by atoms with Crippen molar-refractivity contribution >= 4 is 53.0 Å². The van der Waals surface area contributed by atoms with Gasteiger partial charge in [0.1, 0.15) is 25.0 Å². The average molecular weight is 819 g/mol. The number of aliphatic hydroxyl groups is 1. The lowest BCUT2D eigenvalue weighted by Gasteiger charge is -2.46. The van der Waals surface area contributed by atoms with E-state index >= 15 is 0 Å². The van der Waals surface area contributed by atoms with Crippen LogP contribution in [0.15, 0.2) is 71.5 Å². The van der Waals surface area contributed by atoms with Crippen molar-refractivity contribution in [3.8, 4) is 0 Å². The number of fused-ring (bicyclic) bond motifs is 1. The topological polar surface area (TPSA) is 224 Å². The number of β-lactam (4-membered cyclic amide) rings is 1. The van der Waals surface area contributed by atoms with Crippen LogP contribution in [0.4, 0.5) is 22.1 Å². The first-order valence-electron chi connectivity index (χ1n) is 18.7. The van der Waals surface area contributed by atoms with Crippen molar-refractivity contribution in [3.05, 3.63) is 103 Å². The number of aryl methyl sites for hydroxylation is 1. The number of rotatable bonds is 12. The van der Waals surface area contributed by atoms with Crippen molar-refractivity contribution in [2.45, 2.75) is 56.9 Å². The summed E-state index contributed by atoms with van der Waals surface area (Å²) in [6.45, 7) is 4.85. The van der Waals surface area contributed by atoms with E-state index in [0.29, 0.717) is 42.2 Å². The predicted molar refractivity (Wildman–Crippen MR) is 207 cm³/mol. The molecule has 1 N–H and O–H groups in total. The van der Waals surface area contributed by atoms with Crippen molar-refractivity contribution in [3.63, 3.8) is 0 Å². The number of imidazole rings is 1. The molecule has 4 aliphatic heterocycles. The van der Waals surface area contributed by atoms with E-state index in [1.54, 1.807) is 11.1 Å². The molecule has 3 fully saturated rings. The molecule has 1 aromatic heterocycles. The number of aromatic nitrogens is 2. The molecule has 0 aliphatic carbocycles. The van der Waals surface area contributed by atoms with Crippen LogP contribution < -0.4 is 4.90 Å². The number of thioether (sulfide) groups is 1. The molecule has 7 rings (SSSR count). The number of likely N-dealkylation sites (tertiary alicyclic amines) is 1. The zero-order valence-corrected chi connectivity index (χ0v) is 32.7. The monoisotopic (exact) mass is 818 g/mol. The van der Waals surface area contributed by atoms with Crippen LogP contribution in [0.5, 0.6) is 0 Å². The minimum atomic E-state index is -0.981. The highest BCUT2D eigenvalue weighted by atomic mass is 32.2. The highest BCUT2D eigenvalue weighted by Gasteiger charge is 2.60. The van der Waals surface area contributed by atoms with Gasteiger partial charge in [0.15, 0.2) is 0 Å². The van der Waals surface area contributed by atoms with E-state index in [0.717, 1.165) is 5.95 Å². The Labute approximate surface area is 336 Å². The smallest absolute Gasteiger partial charge is 0.410 e. The SMILES string of the molecule is C[C@@H](O)[C@H]1C(=O)N2C(C(=O)OCc3ccc([N+](=O)[O-])cc3)=C(S[C@H]3C[C@@H](C(=O)N4CCN(c5nccn5C)CC4)N(C(=O)OCc4ccc([N+](=O)[O-])cc4)C3)[C@H](C)[C@H]12. The second-order valence-electron chi connectivity index (χ2n) is 14.7. The number of carbonyl (C=O) groups is 4. The van der Waals surface area contributed by atoms with Gasteiger partial charge in [0, 0.05) is 92.5 Å². The number of aliphatic hydroxyl groups excluding tert-OH is 1. The van der Waals surface area contributed by atoms with Gasteiger partial charge in [0.2, 0.25) is 17.8 Å². The zero-order valence-electron chi connectivity index (χ0n) is 31.9. The van der Waals surface area contributed by atoms with Gasteiger partial charge < -0.3 is 33.8 Å². The van der Waals surface area contributed by atoms with Crippen LogP contribution in [-0.4, -0.2) is 119 Å². The van der Waals surface area contributed by atoms with Crippen LogP contribution in [0, 0.1) is 32.1 Å². The molecule has 5 heterocycles. The Morgan fingerprint density at radius 2 is 1.53 bits per heavy atom. The minimum Gasteiger partial charge on any atom is -0.456 e. The van der Waals surface area contributed by atoms with Crippen molar-refractivity contribution in [1.29, 1.82) is 0 Å². The number of non-ortho nitro benzene ring substituents is 2. The second kappa shape index (κ2) is 16.5. The molecule has 0 bridgehead atoms. The Bertz CT molecular complexity index is 2140. The molecular weight excluding hydrogens is 777 g/mol. The fourth-order valence-electron chi connectivity index (χ4n) is 8.04. The zero-order chi connectivity index (χ0) is 41.4. The predicted octanol–water partition coefficient (Wildman–Crippen LogP) is 3.21. The normalized spacial score (nSPS) is 23.4. The maximum absolute atomic E-state index is 14.3. The number of ether oxygens (including phenoxy) is 2. The van der Waals surface area contributed by atoms with Crippen LogP contribution >= 0.6 is 11.8 Å². The van der Waals surface area contributed by atoms with Gasteiger partial charge in [-0.1, -0.05) is 6.92 Å². The molecule has 20 heteroatoms. The highest BCUT2D eigenvalue weighted by molar-refractivity contribution is 8.03. The summed E-state index contributed by atoms with van der Waals surface area (Å²) < 4.78 is 13.2. The van der Waals surface area contributed by atoms with Gasteiger partial charge in [-0.05, 0) is 48.7 Å². The van der Waals surface area contributed by atoms with E-state index in [2.05, 4.69) is 9.88 Å². The summed E-state index contributed by atoms with van der Waals surface area (Å²) in [6, 6.07) is 9.68. The number of amides is 3. The number of hydrogen-bond acceptors (Lipinski definition) is 14. The summed E-state index contributed by atoms with van der Waals surface area (Å²) in [5.74, 6) is -1.85. The maximum Gasteiger partial charge on any atom is 0.410 e. The van der Waals surface area contributed by atoms with E-state index in [1.807, 2.05) is 24.7 Å². The van der Waals surface area contributed by atoms with Crippen LogP contribution in [-0.2, 0) is 44.1 Å². The first-order chi connectivity index (χ1) is 27.7. The Morgan fingerprint density at radius 3 is 2.07 bits per heavy atom. The van der Waals surface area contributed by atoms with E-state index in [-0.39, 0.29) is 49.2 Å². The third kappa shape index (κ3) is 7.80. The molecule has 3 amide bonds. The fraction of sp³-hybridized carbons (Fsp3) is 0.447. The Kier molecular flexibility index (Phi) is 11.4. The summed E-state index contributed by atoms with van der Waals surface area (Å²) >= 11 is 1.28. The summed E-state index contributed by atoms with van der Waals surface area (Å²) in [5.41, 5.74) is 0.803. The summed E-state index contributed by atoms with van der Waals surface area (Å²) in [7, 11) is 1.89. The summed E-state index contributed by atoms with van der Waals surface area (Å²) in [5, 5.41) is 32.3. The number of anilines is 1. The van der Waals surface area contributed by atoms with Crippen LogP contribution in [0.2, 0.25) is 0 Å². The lowest BCUT2D eigenvalue weighted by Crippen LogP contribution is -2.63. The summed E-state index contributed by atoms with van der Waals surface area (Å²) in [6.07, 6.45) is 2.02. The Morgan fingerprint density at radius 1 is 0.948 bits per heavy atom. The largest absolute Gasteiger partial charge is 0.456 e. The molecule has 3 aromatic rings. The first kappa shape index (κ1) is 40.2. The number of piperazine rings is 1. The molecular formula is C38H42N8O11S. The van der Waals surface area contributed by atoms with Crippen LogP contribution in [0.25, 0.3) is 0 Å². The molecule has 3 saturated heterocycles. The van der Waals surface area contributed by atoms with Gasteiger partial charge in [0.05, 0.1) is 27.9 Å². The van der Waals surface area contributed by atoms with Gasteiger partial charge in [-0.25, -0.2) is 14.6 Å². The van der Waals surface area contributed by atoms with E-state index in [9.17, 15) is 44.5 Å². The van der Waals surface area contributed by atoms with Crippen molar-refractivity contribution < 1.29 is 43.6 Å². The number of benzene rings is 2. The molecule has 0 saturated carbocycles. The maximum atomic E-state index is 14.3. The minimum absolute atomic E-state index is 0.0267. The Balaban J connectivity index is 1.11. The number of hydrogen-bond donors (Lipinski definition) is 1. The van der Waals surface area contributed by atoms with E-state index in [1.165, 1.54) is 77.0 Å². The van der Waals surface area contributed by atoms with Crippen molar-refractivity contribution in [2.24, 2.45) is 18.9 Å². The van der Waals surface area contributed by atoms with Gasteiger partial charge in [-0.2, -0.15) is 0 Å². The third-order valence-electron chi connectivity index (χ3n) is 11.1. The molecule has 0 spiro atoms. The van der Waals surface area contributed by atoms with E-state index in [4.69, 9.17) is 9.47 Å². The molecule has 306 valence electrons. The quantitative estimate of drug-likeness (QED) is 0.120. The molecule has 0 unspecified atom stereocenters. The van der Waals surface area contributed by atoms with Crippen LogP contribution in [0.1, 0.15) is 31.4 Å². The lowest BCUT2D eigenvalue weighted by molar-refractivity contribution is -0.385. The van der Waals surface area contributed by atoms with Gasteiger partial charge in [-0.3, -0.25) is 34.7 Å². The van der Waals surface area contributed by atoms with E-state index < -0.39 is 63.1 Å². The lowest BCUT2D eigenvalue weighted by atomic mass is 9.79. The second-order valence-corrected chi connectivity index (χ2v) is 16.1. The first-order valence-corrected chi connectivity index (χ1v) is 19.6. The van der Waals surface area contributed by atoms with Gasteiger partial charge in [-0.15, -0.1) is 11.8 Å². The standard InChI is InChI=1S/C38H42N8O11S/c1-22-31-30(23(2)47)35(49)44(31)32(36(50)56-20-24-4-8-26(9-5-24)45(52)53)33(22)58-28-18-29(34(48)41-14-16-42(17-15-41)37-39-12-13-40(37)3)43(19-28)38(51)57-21-25-6-10-27(11-7-25)46(54)55/h4-13,22-23,28-31,47H,14-21H2,1-3H3/t22-,23-,28+,29+,30-,31-/m1/s1. The molecule has 19 nitrogen and oxygen atoms in total. The number of nitro groups is 2. The number of nitro benzene ring substituents is 2. The molecule has 2 aromatic carbocycles. The number of carbonyl (C=O) groups excluding carboxylic acids is 4. The van der Waals surface area contributed by atoms with Crippen molar-refractivity contribution in [2.75, 3.05) is 37.6 Å². The van der Waals surface area contributed by atoms with Gasteiger partial charge in [0.25, 0.3) is 11.4 Å². The Hall–Kier alpha value is -6.02. The average Bonchev–Trinajstić information content (AvgIpc) is 3.90. The molecule has 58 heavy (non-hydrogen) atoms. The highest BCUT2D eigenvalue weighted by Crippen LogP contribution is 2.52. The van der Waals surface area contributed by atoms with Crippen LogP contribution in [0.3, 0.4) is 0 Å². The number of esters is 1. The molecule has 6 atom stereocenters. The third-order valence-corrected chi connectivity index (χ3v) is 12.6. The van der Waals surface area contributed by atoms with Gasteiger partial charge >= 0.3 is 12.1 Å².